The van der Waals surface area contributed by atoms with Crippen molar-refractivity contribution in [1.29, 1.82) is 0 Å². The third-order valence-electron chi connectivity index (χ3n) is 2.92. The van der Waals surface area contributed by atoms with Crippen LogP contribution in [-0.4, -0.2) is 27.9 Å². The monoisotopic (exact) mass is 366 g/mol. The van der Waals surface area contributed by atoms with E-state index in [4.69, 9.17) is 0 Å². The molecule has 2 amide bonds. The van der Waals surface area contributed by atoms with Gasteiger partial charge in [-0.05, 0) is 24.1 Å². The number of nitrogens with one attached hydrogen (secondary N) is 2. The maximum Gasteiger partial charge on any atom is 0.319 e. The van der Waals surface area contributed by atoms with Crippen LogP contribution in [0.2, 0.25) is 0 Å². The molecule has 0 aliphatic carbocycles. The predicted octanol–water partition coefficient (Wildman–Crippen LogP) is 2.93. The van der Waals surface area contributed by atoms with Gasteiger partial charge in [-0.1, -0.05) is 28.1 Å². The molecule has 6 nitrogen and oxygen atoms in total. The van der Waals surface area contributed by atoms with Crippen molar-refractivity contribution in [2.75, 3.05) is 11.9 Å². The lowest BCUT2D eigenvalue weighted by molar-refractivity contribution is 0.252. The van der Waals surface area contributed by atoms with Crippen LogP contribution in [-0.2, 0) is 6.42 Å². The Labute approximate surface area is 135 Å². The molecule has 0 heterocycles. The molecule has 116 valence electrons. The molecule has 0 atom stereocenters. The highest BCUT2D eigenvalue weighted by molar-refractivity contribution is 9.10. The number of phenolic OH excluding ortho intramolecular Hbond substituents is 3. The lowest BCUT2D eigenvalue weighted by atomic mass is 10.1. The number of benzene rings is 2. The van der Waals surface area contributed by atoms with Crippen molar-refractivity contribution in [3.05, 3.63) is 46.4 Å². The van der Waals surface area contributed by atoms with E-state index in [1.165, 1.54) is 0 Å². The molecule has 0 bridgehead atoms. The molecule has 0 radical (unpaired) electrons. The summed E-state index contributed by atoms with van der Waals surface area (Å²) in [4.78, 5) is 11.7. The van der Waals surface area contributed by atoms with Gasteiger partial charge in [0.2, 0.25) is 0 Å². The van der Waals surface area contributed by atoms with Crippen molar-refractivity contribution in [2.45, 2.75) is 6.42 Å². The molecule has 22 heavy (non-hydrogen) atoms. The second-order valence-corrected chi connectivity index (χ2v) is 5.54. The Morgan fingerprint density at radius 3 is 2.41 bits per heavy atom. The van der Waals surface area contributed by atoms with Crippen molar-refractivity contribution < 1.29 is 20.1 Å². The van der Waals surface area contributed by atoms with Crippen molar-refractivity contribution in [2.24, 2.45) is 0 Å². The van der Waals surface area contributed by atoms with E-state index in [-0.39, 0.29) is 5.69 Å². The normalized spacial score (nSPS) is 10.2. The molecule has 0 saturated heterocycles. The first-order valence-corrected chi connectivity index (χ1v) is 7.29. The smallest absolute Gasteiger partial charge is 0.319 e. The van der Waals surface area contributed by atoms with Gasteiger partial charge in [0, 0.05) is 23.2 Å². The van der Waals surface area contributed by atoms with Gasteiger partial charge in [-0.3, -0.25) is 0 Å². The van der Waals surface area contributed by atoms with Crippen LogP contribution in [0.25, 0.3) is 0 Å². The Balaban J connectivity index is 1.86. The van der Waals surface area contributed by atoms with Crippen LogP contribution in [0.5, 0.6) is 17.2 Å². The van der Waals surface area contributed by atoms with E-state index in [0.29, 0.717) is 13.0 Å². The number of carbonyl (C=O) groups excluding carboxylic acids is 1. The van der Waals surface area contributed by atoms with E-state index < -0.39 is 23.3 Å². The lowest BCUT2D eigenvalue weighted by Crippen LogP contribution is -2.30. The van der Waals surface area contributed by atoms with E-state index >= 15 is 0 Å². The zero-order valence-corrected chi connectivity index (χ0v) is 13.1. The summed E-state index contributed by atoms with van der Waals surface area (Å²) in [6, 6.07) is 9.58. The molecule has 7 heteroatoms. The molecule has 2 aromatic rings. The summed E-state index contributed by atoms with van der Waals surface area (Å²) in [5, 5.41) is 33.1. The van der Waals surface area contributed by atoms with Crippen LogP contribution in [0.15, 0.2) is 40.9 Å². The van der Waals surface area contributed by atoms with Gasteiger partial charge in [0.25, 0.3) is 0 Å². The van der Waals surface area contributed by atoms with E-state index in [9.17, 15) is 20.1 Å². The number of hydrogen-bond donors (Lipinski definition) is 5. The topological polar surface area (TPSA) is 102 Å². The first-order valence-electron chi connectivity index (χ1n) is 6.50. The largest absolute Gasteiger partial charge is 0.504 e. The summed E-state index contributed by atoms with van der Waals surface area (Å²) in [5.74, 6) is -1.64. The summed E-state index contributed by atoms with van der Waals surface area (Å²) >= 11 is 3.38. The van der Waals surface area contributed by atoms with Crippen LogP contribution in [0.3, 0.4) is 0 Å². The van der Waals surface area contributed by atoms with Crippen LogP contribution in [0.1, 0.15) is 5.56 Å². The standard InChI is InChI=1S/C15H15BrN2O4/c16-10-3-1-2-9(6-10)4-5-17-15(22)18-11-7-12(19)14(21)13(20)8-11/h1-3,6-8,19-21H,4-5H2,(H2,17,18,22). The Bertz CT molecular complexity index is 668. The summed E-state index contributed by atoms with van der Waals surface area (Å²) in [7, 11) is 0. The van der Waals surface area contributed by atoms with Crippen molar-refractivity contribution in [3.63, 3.8) is 0 Å². The van der Waals surface area contributed by atoms with Crippen LogP contribution >= 0.6 is 15.9 Å². The minimum atomic E-state index is -0.624. The molecular weight excluding hydrogens is 352 g/mol. The lowest BCUT2D eigenvalue weighted by Gasteiger charge is -2.09. The minimum Gasteiger partial charge on any atom is -0.504 e. The highest BCUT2D eigenvalue weighted by atomic mass is 79.9. The fourth-order valence-electron chi connectivity index (χ4n) is 1.86. The van der Waals surface area contributed by atoms with E-state index in [2.05, 4.69) is 26.6 Å². The van der Waals surface area contributed by atoms with Gasteiger partial charge in [0.05, 0.1) is 5.69 Å². The van der Waals surface area contributed by atoms with Crippen LogP contribution < -0.4 is 10.6 Å². The highest BCUT2D eigenvalue weighted by Crippen LogP contribution is 2.37. The molecule has 0 aliphatic rings. The number of urea groups is 1. The average molecular weight is 367 g/mol. The number of anilines is 1. The molecule has 2 aromatic carbocycles. The summed E-state index contributed by atoms with van der Waals surface area (Å²) < 4.78 is 0.976. The molecule has 2 rings (SSSR count). The number of hydrogen-bond acceptors (Lipinski definition) is 4. The maximum atomic E-state index is 11.7. The quantitative estimate of drug-likeness (QED) is 0.424. The molecule has 0 fully saturated rings. The predicted molar refractivity (Wildman–Crippen MR) is 86.3 cm³/mol. The van der Waals surface area contributed by atoms with Crippen LogP contribution in [0.4, 0.5) is 10.5 Å². The third-order valence-corrected chi connectivity index (χ3v) is 3.41. The zero-order chi connectivity index (χ0) is 16.1. The van der Waals surface area contributed by atoms with Gasteiger partial charge >= 0.3 is 6.03 Å². The number of rotatable bonds is 4. The van der Waals surface area contributed by atoms with Gasteiger partial charge in [0.1, 0.15) is 0 Å². The third kappa shape index (κ3) is 4.29. The Morgan fingerprint density at radius 2 is 1.77 bits per heavy atom. The van der Waals surface area contributed by atoms with Gasteiger partial charge in [0.15, 0.2) is 17.2 Å². The molecule has 0 aliphatic heterocycles. The molecule has 0 unspecified atom stereocenters. The summed E-state index contributed by atoms with van der Waals surface area (Å²) in [6.07, 6.45) is 0.666. The highest BCUT2D eigenvalue weighted by Gasteiger charge is 2.09. The van der Waals surface area contributed by atoms with Gasteiger partial charge < -0.3 is 26.0 Å². The molecule has 0 saturated carbocycles. The maximum absolute atomic E-state index is 11.7. The molecular formula is C15H15BrN2O4. The minimum absolute atomic E-state index is 0.174. The van der Waals surface area contributed by atoms with Gasteiger partial charge in [-0.25, -0.2) is 4.79 Å². The first kappa shape index (κ1) is 16.0. The van der Waals surface area contributed by atoms with E-state index in [1.807, 2.05) is 24.3 Å². The number of halogens is 1. The number of amides is 2. The number of aromatic hydroxyl groups is 3. The van der Waals surface area contributed by atoms with Crippen LogP contribution in [0, 0.1) is 0 Å². The molecule has 0 spiro atoms. The number of carbonyl (C=O) groups is 1. The number of phenols is 3. The Kier molecular flexibility index (Phi) is 5.11. The van der Waals surface area contributed by atoms with E-state index in [1.54, 1.807) is 0 Å². The fraction of sp³-hybridized carbons (Fsp3) is 0.133. The van der Waals surface area contributed by atoms with Gasteiger partial charge in [-0.15, -0.1) is 0 Å². The van der Waals surface area contributed by atoms with E-state index in [0.717, 1.165) is 22.2 Å². The fourth-order valence-corrected chi connectivity index (χ4v) is 2.31. The van der Waals surface area contributed by atoms with Crippen molar-refractivity contribution >= 4 is 27.6 Å². The SMILES string of the molecule is O=C(NCCc1cccc(Br)c1)Nc1cc(O)c(O)c(O)c1. The molecule has 5 N–H and O–H groups in total. The van der Waals surface area contributed by atoms with Crippen molar-refractivity contribution in [1.82, 2.24) is 5.32 Å². The summed E-state index contributed by atoms with van der Waals surface area (Å²) in [6.45, 7) is 0.429. The second-order valence-electron chi connectivity index (χ2n) is 4.62. The first-order chi connectivity index (χ1) is 10.5. The van der Waals surface area contributed by atoms with Gasteiger partial charge in [-0.2, -0.15) is 0 Å². The van der Waals surface area contributed by atoms with Crippen molar-refractivity contribution in [3.8, 4) is 17.2 Å². The average Bonchev–Trinajstić information content (AvgIpc) is 2.44. The summed E-state index contributed by atoms with van der Waals surface area (Å²) in [5.41, 5.74) is 1.25. The second kappa shape index (κ2) is 7.04. The Hall–Kier alpha value is -2.41. The Morgan fingerprint density at radius 1 is 1.09 bits per heavy atom. The molecule has 0 aromatic heterocycles. The zero-order valence-electron chi connectivity index (χ0n) is 11.5.